The molecular weight excluding hydrogens is 406 g/mol. The molecule has 2 aromatic heterocycles. The Balaban J connectivity index is 1.31. The van der Waals surface area contributed by atoms with Gasteiger partial charge >= 0.3 is 0 Å². The number of hydrogen-bond acceptors (Lipinski definition) is 6. The second kappa shape index (κ2) is 7.21. The quantitative estimate of drug-likeness (QED) is 0.761. The van der Waals surface area contributed by atoms with E-state index in [1.807, 2.05) is 12.1 Å². The van der Waals surface area contributed by atoms with Gasteiger partial charge in [-0.25, -0.2) is 18.7 Å². The Morgan fingerprint density at radius 3 is 2.84 bits per heavy atom. The smallest absolute Gasteiger partial charge is 0.260 e. The number of alkyl halides is 2. The van der Waals surface area contributed by atoms with Gasteiger partial charge in [-0.1, -0.05) is 6.08 Å². The summed E-state index contributed by atoms with van der Waals surface area (Å²) >= 11 is 0. The molecule has 0 radical (unpaired) electrons. The summed E-state index contributed by atoms with van der Waals surface area (Å²) in [4.78, 5) is 34.3. The van der Waals surface area contributed by atoms with Gasteiger partial charge in [-0.15, -0.1) is 0 Å². The molecule has 162 valence electrons. The van der Waals surface area contributed by atoms with Gasteiger partial charge in [0.15, 0.2) is 5.78 Å². The molecule has 1 saturated heterocycles. The summed E-state index contributed by atoms with van der Waals surface area (Å²) < 4.78 is 28.3. The van der Waals surface area contributed by atoms with Crippen molar-refractivity contribution in [2.24, 2.45) is 5.92 Å². The number of ketones is 1. The Morgan fingerprint density at radius 1 is 1.32 bits per heavy atom. The summed E-state index contributed by atoms with van der Waals surface area (Å²) in [5.41, 5.74) is 2.41. The van der Waals surface area contributed by atoms with Crippen molar-refractivity contribution >= 4 is 28.9 Å². The van der Waals surface area contributed by atoms with E-state index in [0.29, 0.717) is 18.1 Å². The van der Waals surface area contributed by atoms with E-state index in [4.69, 9.17) is 0 Å². The average molecular weight is 428 g/mol. The Morgan fingerprint density at radius 2 is 2.13 bits per heavy atom. The minimum atomic E-state index is -2.84. The third-order valence-electron chi connectivity index (χ3n) is 6.03. The Kier molecular flexibility index (Phi) is 4.60. The van der Waals surface area contributed by atoms with Crippen LogP contribution in [0.1, 0.15) is 38.3 Å². The molecule has 31 heavy (non-hydrogen) atoms. The minimum Gasteiger partial charge on any atom is -0.332 e. The fraction of sp³-hybridized carbons (Fsp3) is 0.476. The number of Topliss-reactive ketones (excluding diaryl/α,β-unsaturated/α-hetero) is 1. The fourth-order valence-electron chi connectivity index (χ4n) is 4.49. The predicted octanol–water partition coefficient (Wildman–Crippen LogP) is 2.81. The van der Waals surface area contributed by atoms with E-state index in [0.717, 1.165) is 24.1 Å². The zero-order valence-electron chi connectivity index (χ0n) is 17.0. The number of nitrogens with one attached hydrogen (secondary N) is 1. The maximum absolute atomic E-state index is 13.4. The normalized spacial score (nSPS) is 25.8. The van der Waals surface area contributed by atoms with Crippen molar-refractivity contribution in [3.05, 3.63) is 36.4 Å². The van der Waals surface area contributed by atoms with Gasteiger partial charge in [-0.05, 0) is 37.8 Å². The van der Waals surface area contributed by atoms with E-state index >= 15 is 0 Å². The van der Waals surface area contributed by atoms with Crippen LogP contribution < -0.4 is 5.32 Å². The molecule has 3 atom stereocenters. The van der Waals surface area contributed by atoms with Crippen molar-refractivity contribution in [1.82, 2.24) is 24.6 Å². The van der Waals surface area contributed by atoms with Gasteiger partial charge in [0, 0.05) is 24.9 Å². The third-order valence-corrected chi connectivity index (χ3v) is 6.03. The molecule has 2 bridgehead atoms. The molecule has 4 heterocycles. The van der Waals surface area contributed by atoms with Crippen LogP contribution in [0.4, 0.5) is 20.4 Å². The summed E-state index contributed by atoms with van der Waals surface area (Å²) in [6, 6.07) is 1.58. The van der Waals surface area contributed by atoms with Crippen molar-refractivity contribution in [2.45, 2.75) is 57.2 Å². The van der Waals surface area contributed by atoms with Crippen LogP contribution in [-0.2, 0) is 16.1 Å². The lowest BCUT2D eigenvalue weighted by molar-refractivity contribution is -0.137. The minimum absolute atomic E-state index is 0.00435. The van der Waals surface area contributed by atoms with E-state index in [1.165, 1.54) is 11.6 Å². The van der Waals surface area contributed by atoms with Crippen LogP contribution in [0, 0.1) is 5.92 Å². The molecule has 2 fully saturated rings. The van der Waals surface area contributed by atoms with Crippen LogP contribution in [-0.4, -0.2) is 54.3 Å². The Bertz CT molecular complexity index is 1080. The number of aromatic nitrogens is 4. The van der Waals surface area contributed by atoms with E-state index < -0.39 is 17.7 Å². The Hall–Kier alpha value is -3.17. The summed E-state index contributed by atoms with van der Waals surface area (Å²) in [6.07, 6.45) is 8.78. The van der Waals surface area contributed by atoms with E-state index in [1.54, 1.807) is 23.5 Å². The largest absolute Gasteiger partial charge is 0.332 e. The molecule has 2 unspecified atom stereocenters. The van der Waals surface area contributed by atoms with Crippen LogP contribution in [0.3, 0.4) is 0 Å². The summed E-state index contributed by atoms with van der Waals surface area (Å²) in [7, 11) is 0. The van der Waals surface area contributed by atoms with Gasteiger partial charge < -0.3 is 10.2 Å². The standard InChI is InChI=1S/C21H22F2N6O2/c1-12(30)10-28-11-14(9-25-28)26-20-24-5-4-18(27-20)13-6-15-2-3-16(7-13)29(15)19(31)17-8-21(17,22)23/h4-6,9,11,15-17H,2-3,7-8,10H2,1H3,(H,24,26,27)/t15?,16?,17-/m0/s1. The van der Waals surface area contributed by atoms with Crippen LogP contribution in [0.5, 0.6) is 0 Å². The predicted molar refractivity (Wildman–Crippen MR) is 108 cm³/mol. The molecule has 1 aliphatic carbocycles. The lowest BCUT2D eigenvalue weighted by Crippen LogP contribution is -2.44. The molecule has 0 spiro atoms. The van der Waals surface area contributed by atoms with Crippen molar-refractivity contribution in [2.75, 3.05) is 5.32 Å². The summed E-state index contributed by atoms with van der Waals surface area (Å²) in [6.45, 7) is 1.69. The van der Waals surface area contributed by atoms with Gasteiger partial charge in [0.05, 0.1) is 30.2 Å². The third kappa shape index (κ3) is 3.82. The highest BCUT2D eigenvalue weighted by atomic mass is 19.3. The Labute approximate surface area is 177 Å². The second-order valence-corrected chi connectivity index (χ2v) is 8.48. The number of carbonyl (C=O) groups is 2. The second-order valence-electron chi connectivity index (χ2n) is 8.48. The zero-order chi connectivity index (χ0) is 21.8. The SMILES string of the molecule is CC(=O)Cn1cc(Nc2nccc(C3=CC4CCC(C3)N4C(=O)[C@@H]3CC3(F)F)n2)cn1. The van der Waals surface area contributed by atoms with Gasteiger partial charge in [-0.2, -0.15) is 5.10 Å². The first-order valence-corrected chi connectivity index (χ1v) is 10.3. The highest BCUT2D eigenvalue weighted by molar-refractivity contribution is 5.85. The highest BCUT2D eigenvalue weighted by Gasteiger charge is 2.63. The number of rotatable bonds is 6. The summed E-state index contributed by atoms with van der Waals surface area (Å²) in [5.74, 6) is -4.01. The van der Waals surface area contributed by atoms with Crippen LogP contribution in [0.2, 0.25) is 0 Å². The summed E-state index contributed by atoms with van der Waals surface area (Å²) in [5, 5.41) is 7.21. The van der Waals surface area contributed by atoms with E-state index in [9.17, 15) is 18.4 Å². The number of amides is 1. The maximum atomic E-state index is 13.4. The first kappa shape index (κ1) is 19.8. The van der Waals surface area contributed by atoms with E-state index in [-0.39, 0.29) is 30.8 Å². The van der Waals surface area contributed by atoms with Crippen molar-refractivity contribution in [3.8, 4) is 0 Å². The molecule has 5 rings (SSSR count). The number of nitrogens with zero attached hydrogens (tertiary/aromatic N) is 5. The molecular formula is C21H22F2N6O2. The molecule has 1 saturated carbocycles. The molecule has 2 aromatic rings. The van der Waals surface area contributed by atoms with Gasteiger partial charge in [-0.3, -0.25) is 14.3 Å². The molecule has 2 aliphatic heterocycles. The molecule has 10 heteroatoms. The van der Waals surface area contributed by atoms with E-state index in [2.05, 4.69) is 20.4 Å². The molecule has 3 aliphatic rings. The lowest BCUT2D eigenvalue weighted by Gasteiger charge is -2.34. The molecule has 1 amide bonds. The average Bonchev–Trinajstić information content (AvgIpc) is 3.00. The zero-order valence-corrected chi connectivity index (χ0v) is 17.0. The van der Waals surface area contributed by atoms with Gasteiger partial charge in [0.1, 0.15) is 5.92 Å². The number of carbonyl (C=O) groups excluding carboxylic acids is 2. The molecule has 8 nitrogen and oxygen atoms in total. The van der Waals surface area contributed by atoms with Crippen molar-refractivity contribution in [1.29, 1.82) is 0 Å². The molecule has 0 aromatic carbocycles. The molecule has 1 N–H and O–H groups in total. The van der Waals surface area contributed by atoms with Crippen LogP contribution >= 0.6 is 0 Å². The number of anilines is 2. The highest BCUT2D eigenvalue weighted by Crippen LogP contribution is 2.51. The van der Waals surface area contributed by atoms with Gasteiger partial charge in [0.25, 0.3) is 5.92 Å². The van der Waals surface area contributed by atoms with Crippen molar-refractivity contribution < 1.29 is 18.4 Å². The number of halogens is 2. The van der Waals surface area contributed by atoms with Gasteiger partial charge in [0.2, 0.25) is 11.9 Å². The topological polar surface area (TPSA) is 93.0 Å². The fourth-order valence-corrected chi connectivity index (χ4v) is 4.49. The number of fused-ring (bicyclic) bond motifs is 2. The first-order valence-electron chi connectivity index (χ1n) is 10.3. The lowest BCUT2D eigenvalue weighted by atomic mass is 9.98. The van der Waals surface area contributed by atoms with Crippen LogP contribution in [0.25, 0.3) is 5.57 Å². The monoisotopic (exact) mass is 428 g/mol. The maximum Gasteiger partial charge on any atom is 0.260 e. The van der Waals surface area contributed by atoms with Crippen LogP contribution in [0.15, 0.2) is 30.7 Å². The van der Waals surface area contributed by atoms with Crippen molar-refractivity contribution in [3.63, 3.8) is 0 Å². The number of hydrogen-bond donors (Lipinski definition) is 1. The first-order chi connectivity index (χ1) is 14.8.